The highest BCUT2D eigenvalue weighted by Gasteiger charge is 2.24. The van der Waals surface area contributed by atoms with Crippen LogP contribution < -0.4 is 5.32 Å². The van der Waals surface area contributed by atoms with Gasteiger partial charge in [0.05, 0.1) is 24.6 Å². The number of carbonyl (C=O) groups is 1. The Morgan fingerprint density at radius 2 is 2.44 bits per heavy atom. The molecule has 1 unspecified atom stereocenters. The number of rotatable bonds is 3. The Bertz CT molecular complexity index is 405. The van der Waals surface area contributed by atoms with E-state index in [1.54, 1.807) is 12.3 Å². The Morgan fingerprint density at radius 3 is 3.06 bits per heavy atom. The zero-order valence-corrected chi connectivity index (χ0v) is 10.8. The minimum Gasteiger partial charge on any atom is -0.387 e. The number of carbonyl (C=O) groups excluding carboxylic acids is 1. The molecule has 98 valence electrons. The number of pyridine rings is 1. The molecular formula is C13H19N3O2. The first kappa shape index (κ1) is 12.8. The minimum absolute atomic E-state index is 0.0144. The Morgan fingerprint density at radius 1 is 1.61 bits per heavy atom. The molecule has 5 nitrogen and oxygen atoms in total. The van der Waals surface area contributed by atoms with Crippen LogP contribution in [0.5, 0.6) is 0 Å². The average Bonchev–Trinajstić information content (AvgIpc) is 2.46. The number of morpholine rings is 1. The van der Waals surface area contributed by atoms with Crippen LogP contribution in [-0.4, -0.2) is 48.6 Å². The topological polar surface area (TPSA) is 54.5 Å². The minimum atomic E-state index is -0.0144. The Labute approximate surface area is 107 Å². The number of hydrogen-bond donors (Lipinski definition) is 1. The van der Waals surface area contributed by atoms with E-state index in [2.05, 4.69) is 17.2 Å². The monoisotopic (exact) mass is 249 g/mol. The van der Waals surface area contributed by atoms with E-state index >= 15 is 0 Å². The smallest absolute Gasteiger partial charge is 0.272 e. The van der Waals surface area contributed by atoms with Crippen molar-refractivity contribution in [2.45, 2.75) is 19.4 Å². The van der Waals surface area contributed by atoms with E-state index in [0.717, 1.165) is 12.1 Å². The highest BCUT2D eigenvalue weighted by atomic mass is 16.5. The molecule has 18 heavy (non-hydrogen) atoms. The Hall–Kier alpha value is -1.62. The van der Waals surface area contributed by atoms with E-state index in [0.29, 0.717) is 25.4 Å². The summed E-state index contributed by atoms with van der Waals surface area (Å²) in [6.45, 7) is 3.98. The number of nitrogens with one attached hydrogen (secondary N) is 1. The van der Waals surface area contributed by atoms with Crippen molar-refractivity contribution in [3.63, 3.8) is 0 Å². The predicted octanol–water partition coefficient (Wildman–Crippen LogP) is 1.37. The second-order valence-corrected chi connectivity index (χ2v) is 4.33. The molecule has 1 aliphatic heterocycles. The third-order valence-corrected chi connectivity index (χ3v) is 3.15. The molecule has 1 fully saturated rings. The van der Waals surface area contributed by atoms with Crippen LogP contribution in [0.2, 0.25) is 0 Å². The van der Waals surface area contributed by atoms with Gasteiger partial charge in [0.15, 0.2) is 0 Å². The van der Waals surface area contributed by atoms with Crippen molar-refractivity contribution in [1.82, 2.24) is 9.88 Å². The Balaban J connectivity index is 2.05. The van der Waals surface area contributed by atoms with Gasteiger partial charge in [-0.05, 0) is 18.6 Å². The number of anilines is 1. The molecule has 0 saturated carbocycles. The first-order valence-corrected chi connectivity index (χ1v) is 6.29. The summed E-state index contributed by atoms with van der Waals surface area (Å²) >= 11 is 0. The van der Waals surface area contributed by atoms with Gasteiger partial charge in [0.25, 0.3) is 5.91 Å². The summed E-state index contributed by atoms with van der Waals surface area (Å²) in [5, 5.41) is 2.98. The maximum Gasteiger partial charge on any atom is 0.272 e. The van der Waals surface area contributed by atoms with Gasteiger partial charge in [-0.1, -0.05) is 6.92 Å². The third kappa shape index (κ3) is 2.79. The molecular weight excluding hydrogens is 230 g/mol. The maximum absolute atomic E-state index is 12.2. The fourth-order valence-corrected chi connectivity index (χ4v) is 1.98. The molecule has 1 aliphatic rings. The lowest BCUT2D eigenvalue weighted by atomic mass is 10.2. The second-order valence-electron chi connectivity index (χ2n) is 4.33. The molecule has 1 aromatic rings. The van der Waals surface area contributed by atoms with Crippen LogP contribution in [0.3, 0.4) is 0 Å². The predicted molar refractivity (Wildman–Crippen MR) is 69.7 cm³/mol. The number of ether oxygens (including phenoxy) is 1. The summed E-state index contributed by atoms with van der Waals surface area (Å²) in [5.74, 6) is -0.0144. The van der Waals surface area contributed by atoms with Crippen LogP contribution in [0, 0.1) is 0 Å². The van der Waals surface area contributed by atoms with E-state index in [1.807, 2.05) is 18.0 Å². The van der Waals surface area contributed by atoms with Crippen molar-refractivity contribution in [2.75, 3.05) is 32.1 Å². The van der Waals surface area contributed by atoms with Crippen LogP contribution in [0.15, 0.2) is 18.3 Å². The van der Waals surface area contributed by atoms with Gasteiger partial charge in [0.2, 0.25) is 0 Å². The second kappa shape index (κ2) is 5.82. The Kier molecular flexibility index (Phi) is 4.15. The first-order chi connectivity index (χ1) is 8.74. The van der Waals surface area contributed by atoms with Gasteiger partial charge in [-0.2, -0.15) is 0 Å². The molecule has 1 aromatic heterocycles. The zero-order chi connectivity index (χ0) is 13.0. The first-order valence-electron chi connectivity index (χ1n) is 6.29. The summed E-state index contributed by atoms with van der Waals surface area (Å²) in [6.07, 6.45) is 2.75. The van der Waals surface area contributed by atoms with Crippen molar-refractivity contribution in [2.24, 2.45) is 0 Å². The van der Waals surface area contributed by atoms with Gasteiger partial charge in [0.1, 0.15) is 5.69 Å². The lowest BCUT2D eigenvalue weighted by Crippen LogP contribution is -2.45. The van der Waals surface area contributed by atoms with Crippen LogP contribution in [-0.2, 0) is 4.74 Å². The average molecular weight is 249 g/mol. The van der Waals surface area contributed by atoms with Gasteiger partial charge >= 0.3 is 0 Å². The molecule has 1 N–H and O–H groups in total. The molecule has 5 heteroatoms. The molecule has 0 aliphatic carbocycles. The van der Waals surface area contributed by atoms with E-state index in [4.69, 9.17) is 4.74 Å². The zero-order valence-electron chi connectivity index (χ0n) is 10.8. The third-order valence-electron chi connectivity index (χ3n) is 3.15. The molecule has 1 atom stereocenters. The van der Waals surface area contributed by atoms with Gasteiger partial charge < -0.3 is 15.0 Å². The van der Waals surface area contributed by atoms with Crippen molar-refractivity contribution in [1.29, 1.82) is 0 Å². The standard InChI is InChI=1S/C13H19N3O2/c1-3-11-9-16(6-7-18-11)13(17)12-5-4-10(14-2)8-15-12/h4-5,8,11,14H,3,6-7,9H2,1-2H3. The van der Waals surface area contributed by atoms with Gasteiger partial charge in [-0.15, -0.1) is 0 Å². The summed E-state index contributed by atoms with van der Waals surface area (Å²) < 4.78 is 5.56. The van der Waals surface area contributed by atoms with Gasteiger partial charge in [-0.3, -0.25) is 4.79 Å². The molecule has 1 saturated heterocycles. The molecule has 2 rings (SSSR count). The lowest BCUT2D eigenvalue weighted by molar-refractivity contribution is -0.0228. The summed E-state index contributed by atoms with van der Waals surface area (Å²) in [4.78, 5) is 18.2. The SMILES string of the molecule is CCC1CN(C(=O)c2ccc(NC)cn2)CCO1. The quantitative estimate of drug-likeness (QED) is 0.879. The summed E-state index contributed by atoms with van der Waals surface area (Å²) in [6, 6.07) is 3.61. The largest absolute Gasteiger partial charge is 0.387 e. The number of nitrogens with zero attached hydrogens (tertiary/aromatic N) is 2. The normalized spacial score (nSPS) is 19.7. The number of aromatic nitrogens is 1. The molecule has 0 spiro atoms. The van der Waals surface area contributed by atoms with Crippen molar-refractivity contribution < 1.29 is 9.53 Å². The molecule has 0 bridgehead atoms. The molecule has 0 aromatic carbocycles. The molecule has 2 heterocycles. The van der Waals surface area contributed by atoms with Crippen molar-refractivity contribution in [3.05, 3.63) is 24.0 Å². The fraction of sp³-hybridized carbons (Fsp3) is 0.538. The van der Waals surface area contributed by atoms with E-state index in [1.165, 1.54) is 0 Å². The van der Waals surface area contributed by atoms with Crippen molar-refractivity contribution >= 4 is 11.6 Å². The number of hydrogen-bond acceptors (Lipinski definition) is 4. The van der Waals surface area contributed by atoms with Crippen LogP contribution >= 0.6 is 0 Å². The van der Waals surface area contributed by atoms with E-state index in [9.17, 15) is 4.79 Å². The van der Waals surface area contributed by atoms with Gasteiger partial charge in [-0.25, -0.2) is 4.98 Å². The van der Waals surface area contributed by atoms with Crippen LogP contribution in [0.25, 0.3) is 0 Å². The van der Waals surface area contributed by atoms with Crippen LogP contribution in [0.4, 0.5) is 5.69 Å². The van der Waals surface area contributed by atoms with Crippen LogP contribution in [0.1, 0.15) is 23.8 Å². The fourth-order valence-electron chi connectivity index (χ4n) is 1.98. The summed E-state index contributed by atoms with van der Waals surface area (Å²) in [5.41, 5.74) is 1.39. The number of amides is 1. The van der Waals surface area contributed by atoms with E-state index < -0.39 is 0 Å². The highest BCUT2D eigenvalue weighted by molar-refractivity contribution is 5.92. The molecule has 1 amide bonds. The lowest BCUT2D eigenvalue weighted by Gasteiger charge is -2.32. The van der Waals surface area contributed by atoms with Crippen molar-refractivity contribution in [3.8, 4) is 0 Å². The highest BCUT2D eigenvalue weighted by Crippen LogP contribution is 2.12. The molecule has 0 radical (unpaired) electrons. The van der Waals surface area contributed by atoms with E-state index in [-0.39, 0.29) is 12.0 Å². The summed E-state index contributed by atoms with van der Waals surface area (Å²) in [7, 11) is 1.83. The van der Waals surface area contributed by atoms with Gasteiger partial charge in [0, 0.05) is 20.1 Å². The maximum atomic E-state index is 12.2.